The van der Waals surface area contributed by atoms with Crippen molar-refractivity contribution in [2.45, 2.75) is 38.1 Å². The molecule has 1 atom stereocenters. The highest BCUT2D eigenvalue weighted by atomic mass is 16.2. The number of nitrogens with one attached hydrogen (secondary N) is 3. The Balaban J connectivity index is 1.62. The van der Waals surface area contributed by atoms with Gasteiger partial charge in [-0.25, -0.2) is 4.79 Å². The topological polar surface area (TPSA) is 56.4 Å². The summed E-state index contributed by atoms with van der Waals surface area (Å²) in [6.45, 7) is 1.54. The first kappa shape index (κ1) is 12.8. The Morgan fingerprint density at radius 2 is 1.81 bits per heavy atom. The zero-order chi connectivity index (χ0) is 14.2. The van der Waals surface area contributed by atoms with Crippen LogP contribution < -0.4 is 20.9 Å². The van der Waals surface area contributed by atoms with E-state index in [1.165, 1.54) is 32.1 Å². The van der Waals surface area contributed by atoms with Crippen LogP contribution in [0.3, 0.4) is 0 Å². The highest BCUT2D eigenvalue weighted by Crippen LogP contribution is 2.36. The highest BCUT2D eigenvalue weighted by Gasteiger charge is 2.37. The molecule has 21 heavy (non-hydrogen) atoms. The number of fused-ring (bicyclic) bond motifs is 1. The summed E-state index contributed by atoms with van der Waals surface area (Å²) in [5.41, 5.74) is 3.22. The minimum atomic E-state index is 0.0523. The maximum absolute atomic E-state index is 12.3. The molecule has 1 saturated heterocycles. The third kappa shape index (κ3) is 2.20. The van der Waals surface area contributed by atoms with Gasteiger partial charge >= 0.3 is 6.03 Å². The van der Waals surface area contributed by atoms with Gasteiger partial charge in [0.2, 0.25) is 0 Å². The van der Waals surface area contributed by atoms with E-state index in [2.05, 4.69) is 34.1 Å². The van der Waals surface area contributed by atoms with Gasteiger partial charge < -0.3 is 16.0 Å². The van der Waals surface area contributed by atoms with Gasteiger partial charge in [0.05, 0.1) is 24.1 Å². The van der Waals surface area contributed by atoms with Gasteiger partial charge in [-0.1, -0.05) is 19.3 Å². The first-order chi connectivity index (χ1) is 10.3. The molecule has 1 aliphatic carbocycles. The summed E-state index contributed by atoms with van der Waals surface area (Å²) in [6, 6.07) is 6.57. The van der Waals surface area contributed by atoms with Gasteiger partial charge in [-0.15, -0.1) is 0 Å². The molecule has 2 fully saturated rings. The lowest BCUT2D eigenvalue weighted by Crippen LogP contribution is -2.40. The summed E-state index contributed by atoms with van der Waals surface area (Å²) < 4.78 is 0. The number of carbonyl (C=O) groups is 1. The van der Waals surface area contributed by atoms with Gasteiger partial charge in [-0.3, -0.25) is 4.90 Å². The second kappa shape index (κ2) is 5.13. The molecule has 5 heteroatoms. The van der Waals surface area contributed by atoms with E-state index in [1.54, 1.807) is 0 Å². The minimum absolute atomic E-state index is 0.0523. The van der Waals surface area contributed by atoms with Crippen LogP contribution in [0.1, 0.15) is 32.1 Å². The Morgan fingerprint density at radius 3 is 2.67 bits per heavy atom. The van der Waals surface area contributed by atoms with Crippen LogP contribution in [-0.4, -0.2) is 25.3 Å². The Hall–Kier alpha value is -1.91. The first-order valence-corrected chi connectivity index (χ1v) is 8.02. The lowest BCUT2D eigenvalue weighted by Gasteiger charge is -2.33. The quantitative estimate of drug-likeness (QED) is 0.783. The molecule has 2 amide bonds. The van der Waals surface area contributed by atoms with E-state index < -0.39 is 0 Å². The highest BCUT2D eigenvalue weighted by molar-refractivity contribution is 5.96. The SMILES string of the molecule is O=C1NCC(C2CCCCC2)N1c1ccc2c(c1)NCN2. The smallest absolute Gasteiger partial charge is 0.322 e. The van der Waals surface area contributed by atoms with Crippen molar-refractivity contribution in [3.63, 3.8) is 0 Å². The standard InChI is InChI=1S/C16H22N4O/c21-16-17-9-15(11-4-2-1-3-5-11)20(16)12-6-7-13-14(8-12)19-10-18-13/h6-8,11,15,18-19H,1-5,9-10H2,(H,17,21). The van der Waals surface area contributed by atoms with Crippen molar-refractivity contribution in [3.8, 4) is 0 Å². The molecule has 0 bridgehead atoms. The maximum Gasteiger partial charge on any atom is 0.322 e. The fraction of sp³-hybridized carbons (Fsp3) is 0.562. The fourth-order valence-electron chi connectivity index (χ4n) is 3.94. The summed E-state index contributed by atoms with van der Waals surface area (Å²) in [4.78, 5) is 14.3. The van der Waals surface area contributed by atoms with E-state index in [-0.39, 0.29) is 6.03 Å². The van der Waals surface area contributed by atoms with Crippen LogP contribution in [0, 0.1) is 5.92 Å². The molecule has 3 N–H and O–H groups in total. The van der Waals surface area contributed by atoms with Gasteiger partial charge in [-0.05, 0) is 37.0 Å². The zero-order valence-electron chi connectivity index (χ0n) is 12.2. The molecular formula is C16H22N4O. The van der Waals surface area contributed by atoms with E-state index in [0.717, 1.165) is 30.3 Å². The van der Waals surface area contributed by atoms with Crippen LogP contribution in [-0.2, 0) is 0 Å². The Labute approximate surface area is 125 Å². The Bertz CT molecular complexity index is 553. The van der Waals surface area contributed by atoms with Crippen LogP contribution in [0.5, 0.6) is 0 Å². The van der Waals surface area contributed by atoms with Crippen LogP contribution in [0.25, 0.3) is 0 Å². The lowest BCUT2D eigenvalue weighted by atomic mass is 9.83. The minimum Gasteiger partial charge on any atom is -0.366 e. The third-order valence-corrected chi connectivity index (χ3v) is 5.05. The second-order valence-corrected chi connectivity index (χ2v) is 6.28. The Morgan fingerprint density at radius 1 is 1.00 bits per heavy atom. The molecule has 4 rings (SSSR count). The third-order valence-electron chi connectivity index (χ3n) is 5.05. The number of benzene rings is 1. The lowest BCUT2D eigenvalue weighted by molar-refractivity contribution is 0.250. The maximum atomic E-state index is 12.3. The molecule has 5 nitrogen and oxygen atoms in total. The van der Waals surface area contributed by atoms with E-state index in [9.17, 15) is 4.79 Å². The van der Waals surface area contributed by atoms with Gasteiger partial charge in [0, 0.05) is 12.2 Å². The summed E-state index contributed by atoms with van der Waals surface area (Å²) in [7, 11) is 0. The monoisotopic (exact) mass is 286 g/mol. The normalized spacial score (nSPS) is 25.2. The van der Waals surface area contributed by atoms with Crippen LogP contribution in [0.4, 0.5) is 21.9 Å². The summed E-state index contributed by atoms with van der Waals surface area (Å²) in [5, 5.41) is 9.61. The average Bonchev–Trinajstić information content (AvgIpc) is 3.13. The van der Waals surface area contributed by atoms with Gasteiger partial charge in [0.25, 0.3) is 0 Å². The number of carbonyl (C=O) groups excluding carboxylic acids is 1. The molecule has 1 unspecified atom stereocenters. The number of amides is 2. The van der Waals surface area contributed by atoms with Gasteiger partial charge in [0.15, 0.2) is 0 Å². The van der Waals surface area contributed by atoms with Crippen molar-refractivity contribution < 1.29 is 4.79 Å². The van der Waals surface area contributed by atoms with E-state index in [0.29, 0.717) is 12.0 Å². The van der Waals surface area contributed by atoms with Crippen LogP contribution in [0.15, 0.2) is 18.2 Å². The molecule has 2 aliphatic heterocycles. The summed E-state index contributed by atoms with van der Waals surface area (Å²) in [6.07, 6.45) is 6.46. The number of urea groups is 1. The number of hydrogen-bond acceptors (Lipinski definition) is 3. The molecule has 1 aromatic rings. The molecule has 3 aliphatic rings. The molecule has 2 heterocycles. The van der Waals surface area contributed by atoms with E-state index >= 15 is 0 Å². The molecule has 0 radical (unpaired) electrons. The first-order valence-electron chi connectivity index (χ1n) is 8.02. The van der Waals surface area contributed by atoms with Crippen molar-refractivity contribution in [2.24, 2.45) is 5.92 Å². The van der Waals surface area contributed by atoms with E-state index in [4.69, 9.17) is 0 Å². The van der Waals surface area contributed by atoms with Gasteiger partial charge in [-0.2, -0.15) is 0 Å². The number of hydrogen-bond donors (Lipinski definition) is 3. The fourth-order valence-corrected chi connectivity index (χ4v) is 3.94. The van der Waals surface area contributed by atoms with E-state index in [1.807, 2.05) is 4.90 Å². The van der Waals surface area contributed by atoms with Gasteiger partial charge in [0.1, 0.15) is 0 Å². The van der Waals surface area contributed by atoms with Crippen LogP contribution in [0.2, 0.25) is 0 Å². The molecular weight excluding hydrogens is 264 g/mol. The summed E-state index contributed by atoms with van der Waals surface area (Å²) >= 11 is 0. The largest absolute Gasteiger partial charge is 0.366 e. The average molecular weight is 286 g/mol. The number of nitrogens with zero attached hydrogens (tertiary/aromatic N) is 1. The Kier molecular flexibility index (Phi) is 3.13. The van der Waals surface area contributed by atoms with Crippen molar-refractivity contribution >= 4 is 23.1 Å². The predicted molar refractivity (Wildman–Crippen MR) is 84.8 cm³/mol. The molecule has 0 aromatic heterocycles. The number of anilines is 3. The number of rotatable bonds is 2. The van der Waals surface area contributed by atoms with Crippen molar-refractivity contribution in [1.82, 2.24) is 5.32 Å². The molecule has 112 valence electrons. The van der Waals surface area contributed by atoms with Crippen molar-refractivity contribution in [1.29, 1.82) is 0 Å². The molecule has 0 spiro atoms. The summed E-state index contributed by atoms with van der Waals surface area (Å²) in [5.74, 6) is 0.636. The zero-order valence-corrected chi connectivity index (χ0v) is 12.2. The van der Waals surface area contributed by atoms with Crippen molar-refractivity contribution in [2.75, 3.05) is 28.7 Å². The molecule has 1 saturated carbocycles. The second-order valence-electron chi connectivity index (χ2n) is 6.28. The predicted octanol–water partition coefficient (Wildman–Crippen LogP) is 2.96. The van der Waals surface area contributed by atoms with Crippen LogP contribution >= 0.6 is 0 Å². The van der Waals surface area contributed by atoms with Crippen molar-refractivity contribution in [3.05, 3.63) is 18.2 Å². The molecule has 1 aromatic carbocycles.